The molecule has 11 heteroatoms. The Kier molecular flexibility index (Phi) is 6.62. The highest BCUT2D eigenvalue weighted by Crippen LogP contribution is 2.36. The average Bonchev–Trinajstić information content (AvgIpc) is 3.57. The van der Waals surface area contributed by atoms with Crippen molar-refractivity contribution in [3.05, 3.63) is 75.0 Å². The highest BCUT2D eigenvalue weighted by molar-refractivity contribution is 7.98. The van der Waals surface area contributed by atoms with E-state index in [1.807, 2.05) is 0 Å². The number of methoxy groups -OCH3 is 2. The summed E-state index contributed by atoms with van der Waals surface area (Å²) < 4.78 is 31.5. The predicted molar refractivity (Wildman–Crippen MR) is 144 cm³/mol. The Morgan fingerprint density at radius 3 is 2.68 bits per heavy atom. The molecule has 6 rings (SSSR count). The monoisotopic (exact) mass is 550 g/mol. The lowest BCUT2D eigenvalue weighted by Gasteiger charge is -2.13. The van der Waals surface area contributed by atoms with Gasteiger partial charge in [0, 0.05) is 10.9 Å². The molecule has 38 heavy (non-hydrogen) atoms. The molecule has 0 aliphatic heterocycles. The Balaban J connectivity index is 1.37. The van der Waals surface area contributed by atoms with Crippen LogP contribution in [-0.4, -0.2) is 33.9 Å². The van der Waals surface area contributed by atoms with Gasteiger partial charge in [-0.15, -0.1) is 11.3 Å². The fourth-order valence-corrected chi connectivity index (χ4v) is 6.79. The lowest BCUT2D eigenvalue weighted by Crippen LogP contribution is -2.22. The van der Waals surface area contributed by atoms with Crippen molar-refractivity contribution in [3.63, 3.8) is 0 Å². The van der Waals surface area contributed by atoms with Crippen LogP contribution in [0.5, 0.6) is 11.5 Å². The molecule has 0 amide bonds. The van der Waals surface area contributed by atoms with Gasteiger partial charge in [-0.2, -0.15) is 4.98 Å². The van der Waals surface area contributed by atoms with Crippen LogP contribution in [0.2, 0.25) is 0 Å². The topological polar surface area (TPSA) is 92.3 Å². The van der Waals surface area contributed by atoms with Crippen LogP contribution in [0.15, 0.2) is 56.9 Å². The summed E-state index contributed by atoms with van der Waals surface area (Å²) in [4.78, 5) is 25.2. The maximum absolute atomic E-state index is 13.8. The number of hydrogen-bond donors (Lipinski definition) is 0. The van der Waals surface area contributed by atoms with E-state index in [9.17, 15) is 9.18 Å². The van der Waals surface area contributed by atoms with Crippen molar-refractivity contribution in [2.24, 2.45) is 0 Å². The minimum absolute atomic E-state index is 0.141. The van der Waals surface area contributed by atoms with Gasteiger partial charge in [0.2, 0.25) is 11.7 Å². The van der Waals surface area contributed by atoms with Gasteiger partial charge in [-0.3, -0.25) is 9.36 Å². The van der Waals surface area contributed by atoms with Crippen LogP contribution in [0, 0.1) is 5.82 Å². The number of benzene rings is 2. The summed E-state index contributed by atoms with van der Waals surface area (Å²) in [5, 5.41) is 5.27. The molecule has 0 bridgehead atoms. The van der Waals surface area contributed by atoms with E-state index >= 15 is 0 Å². The van der Waals surface area contributed by atoms with Crippen LogP contribution in [0.25, 0.3) is 27.3 Å². The van der Waals surface area contributed by atoms with Crippen molar-refractivity contribution >= 4 is 33.3 Å². The van der Waals surface area contributed by atoms with Crippen molar-refractivity contribution < 1.29 is 18.4 Å². The first-order chi connectivity index (χ1) is 18.6. The zero-order valence-electron chi connectivity index (χ0n) is 20.7. The third-order valence-corrected chi connectivity index (χ3v) is 8.59. The van der Waals surface area contributed by atoms with Gasteiger partial charge >= 0.3 is 0 Å². The Bertz CT molecular complexity index is 1690. The predicted octanol–water partition coefficient (Wildman–Crippen LogP) is 5.82. The summed E-state index contributed by atoms with van der Waals surface area (Å²) in [6.45, 7) is 0. The van der Waals surface area contributed by atoms with Gasteiger partial charge in [0.05, 0.1) is 36.6 Å². The van der Waals surface area contributed by atoms with Gasteiger partial charge in [0.1, 0.15) is 22.1 Å². The van der Waals surface area contributed by atoms with Gasteiger partial charge in [-0.1, -0.05) is 16.9 Å². The van der Waals surface area contributed by atoms with E-state index in [-0.39, 0.29) is 17.1 Å². The maximum atomic E-state index is 13.8. The summed E-state index contributed by atoms with van der Waals surface area (Å²) in [5.74, 6) is 1.88. The molecule has 0 radical (unpaired) electrons. The molecule has 0 fully saturated rings. The first-order valence-corrected chi connectivity index (χ1v) is 13.9. The third kappa shape index (κ3) is 4.45. The van der Waals surface area contributed by atoms with Crippen LogP contribution >= 0.6 is 23.1 Å². The largest absolute Gasteiger partial charge is 0.497 e. The molecule has 1 aliphatic carbocycles. The Hall–Kier alpha value is -3.70. The molecular weight excluding hydrogens is 527 g/mol. The average molecular weight is 551 g/mol. The number of aromatic nitrogens is 4. The summed E-state index contributed by atoms with van der Waals surface area (Å²) in [6.07, 6.45) is 4.02. The molecule has 0 unspecified atom stereocenters. The lowest BCUT2D eigenvalue weighted by molar-refractivity contribution is 0.388. The van der Waals surface area contributed by atoms with Crippen LogP contribution in [0.1, 0.15) is 29.2 Å². The highest BCUT2D eigenvalue weighted by atomic mass is 32.2. The molecular formula is C27H23FN4O4S2. The van der Waals surface area contributed by atoms with Crippen LogP contribution in [-0.2, 0) is 18.6 Å². The maximum Gasteiger partial charge on any atom is 0.267 e. The molecule has 2 aromatic carbocycles. The van der Waals surface area contributed by atoms with E-state index in [0.717, 1.165) is 36.1 Å². The number of nitrogens with zero attached hydrogens (tertiary/aromatic N) is 4. The lowest BCUT2D eigenvalue weighted by atomic mass is 9.97. The summed E-state index contributed by atoms with van der Waals surface area (Å²) in [5.41, 5.74) is 2.19. The second-order valence-corrected chi connectivity index (χ2v) is 10.8. The SMILES string of the molecule is COc1ccc(-c2noc(CSc3nc4sc5c(c4c(=O)n3-c3ccc(F)cc3)CCCC5)n2)c(OC)c1. The summed E-state index contributed by atoms with van der Waals surface area (Å²) >= 11 is 2.91. The van der Waals surface area contributed by atoms with E-state index in [2.05, 4.69) is 10.1 Å². The summed E-state index contributed by atoms with van der Waals surface area (Å²) in [7, 11) is 3.15. The van der Waals surface area contributed by atoms with Crippen molar-refractivity contribution in [1.82, 2.24) is 19.7 Å². The third-order valence-electron chi connectivity index (χ3n) is 6.49. The number of aryl methyl sites for hydroxylation is 2. The first kappa shape index (κ1) is 24.6. The molecule has 3 heterocycles. The molecule has 3 aromatic heterocycles. The number of fused-ring (bicyclic) bond motifs is 3. The van der Waals surface area contributed by atoms with Gasteiger partial charge in [-0.25, -0.2) is 9.37 Å². The normalized spacial score (nSPS) is 13.0. The number of rotatable bonds is 7. The fourth-order valence-electron chi connectivity index (χ4n) is 4.63. The number of thioether (sulfide) groups is 1. The molecule has 0 spiro atoms. The Morgan fingerprint density at radius 2 is 1.89 bits per heavy atom. The van der Waals surface area contributed by atoms with Crippen LogP contribution in [0.4, 0.5) is 4.39 Å². The van der Waals surface area contributed by atoms with E-state index in [1.165, 1.54) is 28.8 Å². The second kappa shape index (κ2) is 10.2. The number of ether oxygens (including phenoxy) is 2. The fraction of sp³-hybridized carbons (Fsp3) is 0.259. The van der Waals surface area contributed by atoms with Gasteiger partial charge in [-0.05, 0) is 67.6 Å². The molecule has 0 atom stereocenters. The zero-order valence-corrected chi connectivity index (χ0v) is 22.3. The van der Waals surface area contributed by atoms with Crippen LogP contribution in [0.3, 0.4) is 0 Å². The zero-order chi connectivity index (χ0) is 26.2. The molecule has 0 saturated carbocycles. The molecule has 194 valence electrons. The van der Waals surface area contributed by atoms with Crippen molar-refractivity contribution in [2.75, 3.05) is 14.2 Å². The molecule has 1 aliphatic rings. The smallest absolute Gasteiger partial charge is 0.267 e. The highest BCUT2D eigenvalue weighted by Gasteiger charge is 2.23. The van der Waals surface area contributed by atoms with E-state index in [0.29, 0.717) is 45.0 Å². The van der Waals surface area contributed by atoms with Crippen molar-refractivity contribution in [1.29, 1.82) is 0 Å². The Labute approximate surface area is 225 Å². The van der Waals surface area contributed by atoms with Gasteiger partial charge in [0.15, 0.2) is 5.16 Å². The quantitative estimate of drug-likeness (QED) is 0.185. The van der Waals surface area contributed by atoms with Crippen molar-refractivity contribution in [2.45, 2.75) is 36.6 Å². The Morgan fingerprint density at radius 1 is 1.08 bits per heavy atom. The minimum atomic E-state index is -0.370. The van der Waals surface area contributed by atoms with E-state index in [1.54, 1.807) is 60.5 Å². The van der Waals surface area contributed by atoms with Crippen molar-refractivity contribution in [3.8, 4) is 28.6 Å². The molecule has 5 aromatic rings. The number of halogens is 1. The summed E-state index contributed by atoms with van der Waals surface area (Å²) in [6, 6.07) is 11.2. The van der Waals surface area contributed by atoms with Gasteiger partial charge < -0.3 is 14.0 Å². The number of thiophene rings is 1. The molecule has 0 saturated heterocycles. The second-order valence-electron chi connectivity index (χ2n) is 8.77. The molecule has 8 nitrogen and oxygen atoms in total. The van der Waals surface area contributed by atoms with E-state index in [4.69, 9.17) is 19.0 Å². The van der Waals surface area contributed by atoms with Gasteiger partial charge in [0.25, 0.3) is 5.56 Å². The first-order valence-electron chi connectivity index (χ1n) is 12.1. The van der Waals surface area contributed by atoms with Crippen LogP contribution < -0.4 is 15.0 Å². The minimum Gasteiger partial charge on any atom is -0.497 e. The number of hydrogen-bond acceptors (Lipinski definition) is 9. The van der Waals surface area contributed by atoms with E-state index < -0.39 is 0 Å². The molecule has 0 N–H and O–H groups in total. The standard InChI is InChI=1S/C27H23FN4O4S2/c1-34-17-11-12-18(20(13-17)35-2)24-29-22(36-31-24)14-37-27-30-25-23(19-5-3-4-6-21(19)38-25)26(33)32(27)16-9-7-15(28)8-10-16/h7-13H,3-6,14H2,1-2H3.